The second-order valence-electron chi connectivity index (χ2n) is 12.7. The third-order valence-corrected chi connectivity index (χ3v) is 7.70. The lowest BCUT2D eigenvalue weighted by Gasteiger charge is -2.25. The van der Waals surface area contributed by atoms with E-state index in [9.17, 15) is 9.59 Å². The molecule has 0 bridgehead atoms. The molecule has 226 valence electrons. The summed E-state index contributed by atoms with van der Waals surface area (Å²) < 4.78 is 11.9. The van der Waals surface area contributed by atoms with Crippen molar-refractivity contribution >= 4 is 23.2 Å². The fourth-order valence-electron chi connectivity index (χ4n) is 4.62. The summed E-state index contributed by atoms with van der Waals surface area (Å²) in [6.07, 6.45) is 2.88. The summed E-state index contributed by atoms with van der Waals surface area (Å²) in [5.74, 6) is 1.65. The predicted octanol–water partition coefficient (Wildman–Crippen LogP) is 8.57. The first-order valence-corrected chi connectivity index (χ1v) is 14.9. The fraction of sp³-hybridized carbons (Fsp3) is 0.444. The number of benzene rings is 3. The van der Waals surface area contributed by atoms with Crippen LogP contribution in [0.25, 0.3) is 0 Å². The van der Waals surface area contributed by atoms with Gasteiger partial charge in [0.15, 0.2) is 0 Å². The predicted molar refractivity (Wildman–Crippen MR) is 173 cm³/mol. The van der Waals surface area contributed by atoms with Gasteiger partial charge in [-0.3, -0.25) is 9.59 Å². The topological polar surface area (TPSA) is 76.7 Å². The van der Waals surface area contributed by atoms with Crippen LogP contribution in [0.1, 0.15) is 75.6 Å². The van der Waals surface area contributed by atoms with Crippen LogP contribution in [0.2, 0.25) is 0 Å². The van der Waals surface area contributed by atoms with Crippen molar-refractivity contribution in [2.45, 2.75) is 81.1 Å². The molecule has 2 amide bonds. The second kappa shape index (κ2) is 14.4. The Morgan fingerprint density at radius 2 is 1.02 bits per heavy atom. The Labute approximate surface area is 252 Å². The number of carbonyl (C=O) groups is 2. The lowest BCUT2D eigenvalue weighted by Crippen LogP contribution is -2.32. The minimum atomic E-state index is -0.578. The molecule has 6 heteroatoms. The highest BCUT2D eigenvalue weighted by Gasteiger charge is 2.29. The Morgan fingerprint density at radius 3 is 1.43 bits per heavy atom. The Balaban J connectivity index is 1.47. The van der Waals surface area contributed by atoms with Crippen molar-refractivity contribution in [1.82, 2.24) is 0 Å². The lowest BCUT2D eigenvalue weighted by molar-refractivity contribution is -0.125. The highest BCUT2D eigenvalue weighted by atomic mass is 16.5. The van der Waals surface area contributed by atoms with Crippen LogP contribution in [-0.4, -0.2) is 25.0 Å². The summed E-state index contributed by atoms with van der Waals surface area (Å²) in [7, 11) is 0. The molecule has 0 unspecified atom stereocenters. The van der Waals surface area contributed by atoms with Gasteiger partial charge in [-0.05, 0) is 106 Å². The summed E-state index contributed by atoms with van der Waals surface area (Å²) in [6.45, 7) is 17.0. The number of aryl methyl sites for hydroxylation is 4. The highest BCUT2D eigenvalue weighted by molar-refractivity contribution is 5.97. The van der Waals surface area contributed by atoms with E-state index in [0.29, 0.717) is 37.4 Å². The standard InChI is InChI=1S/C36H48N2O4/c1-25-14-16-27(3)31(22-25)41-20-10-18-35(5,6)33(39)37-29-12-9-13-30(24-29)38-34(40)36(7,8)19-11-21-42-32-23-26(2)15-17-28(32)4/h9,12-17,22-24H,10-11,18-21H2,1-8H3,(H,37,39)(H,38,40). The van der Waals surface area contributed by atoms with Gasteiger partial charge in [-0.15, -0.1) is 0 Å². The number of hydrogen-bond acceptors (Lipinski definition) is 4. The number of ether oxygens (including phenoxy) is 2. The van der Waals surface area contributed by atoms with E-state index in [1.165, 1.54) is 0 Å². The summed E-state index contributed by atoms with van der Waals surface area (Å²) in [4.78, 5) is 26.3. The van der Waals surface area contributed by atoms with Crippen LogP contribution in [0, 0.1) is 38.5 Å². The van der Waals surface area contributed by atoms with E-state index in [0.717, 1.165) is 46.6 Å². The van der Waals surface area contributed by atoms with Crippen LogP contribution < -0.4 is 20.1 Å². The fourth-order valence-corrected chi connectivity index (χ4v) is 4.62. The minimum absolute atomic E-state index is 0.0677. The van der Waals surface area contributed by atoms with Crippen LogP contribution >= 0.6 is 0 Å². The van der Waals surface area contributed by atoms with Gasteiger partial charge in [-0.25, -0.2) is 0 Å². The van der Waals surface area contributed by atoms with Crippen LogP contribution in [0.3, 0.4) is 0 Å². The van der Waals surface area contributed by atoms with Crippen molar-refractivity contribution in [2.24, 2.45) is 10.8 Å². The number of hydrogen-bond donors (Lipinski definition) is 2. The molecule has 0 aliphatic carbocycles. The molecule has 0 aromatic heterocycles. The van der Waals surface area contributed by atoms with Gasteiger partial charge >= 0.3 is 0 Å². The Hall–Kier alpha value is -3.80. The molecule has 3 aromatic carbocycles. The first kappa shape index (κ1) is 32.7. The lowest BCUT2D eigenvalue weighted by atomic mass is 9.86. The van der Waals surface area contributed by atoms with Crippen molar-refractivity contribution < 1.29 is 19.1 Å². The smallest absolute Gasteiger partial charge is 0.230 e. The van der Waals surface area contributed by atoms with Crippen molar-refractivity contribution in [3.05, 3.63) is 82.9 Å². The SMILES string of the molecule is Cc1ccc(C)c(OCCCC(C)(C)C(=O)Nc2cccc(NC(=O)C(C)(C)CCCOc3cc(C)ccc3C)c2)c1. The molecule has 0 aliphatic heterocycles. The summed E-state index contributed by atoms with van der Waals surface area (Å²) in [6, 6.07) is 19.7. The maximum atomic E-state index is 13.1. The Kier molecular flexibility index (Phi) is 11.2. The number of anilines is 2. The number of rotatable bonds is 14. The van der Waals surface area contributed by atoms with E-state index >= 15 is 0 Å². The third kappa shape index (κ3) is 9.64. The maximum Gasteiger partial charge on any atom is 0.230 e. The highest BCUT2D eigenvalue weighted by Crippen LogP contribution is 2.29. The van der Waals surface area contributed by atoms with Gasteiger partial charge in [0, 0.05) is 22.2 Å². The number of amides is 2. The molecule has 0 saturated carbocycles. The first-order valence-electron chi connectivity index (χ1n) is 14.9. The third-order valence-electron chi connectivity index (χ3n) is 7.70. The zero-order chi connectivity index (χ0) is 30.9. The van der Waals surface area contributed by atoms with Gasteiger partial charge in [0.05, 0.1) is 13.2 Å². The van der Waals surface area contributed by atoms with Gasteiger partial charge in [0.2, 0.25) is 11.8 Å². The van der Waals surface area contributed by atoms with Crippen LogP contribution in [0.5, 0.6) is 11.5 Å². The molecule has 6 nitrogen and oxygen atoms in total. The molecule has 0 aliphatic rings. The summed E-state index contributed by atoms with van der Waals surface area (Å²) in [5.41, 5.74) is 4.68. The quantitative estimate of drug-likeness (QED) is 0.190. The molecule has 0 heterocycles. The zero-order valence-electron chi connectivity index (χ0n) is 26.6. The van der Waals surface area contributed by atoms with Crippen molar-refractivity contribution in [1.29, 1.82) is 0 Å². The normalized spacial score (nSPS) is 11.6. The second-order valence-corrected chi connectivity index (χ2v) is 12.7. The molecule has 3 rings (SSSR count). The molecule has 0 atom stereocenters. The Morgan fingerprint density at radius 1 is 0.619 bits per heavy atom. The van der Waals surface area contributed by atoms with Gasteiger partial charge in [-0.1, -0.05) is 58.0 Å². The molecule has 0 radical (unpaired) electrons. The molecule has 2 N–H and O–H groups in total. The average Bonchev–Trinajstić information content (AvgIpc) is 2.93. The van der Waals surface area contributed by atoms with Crippen molar-refractivity contribution in [3.8, 4) is 11.5 Å². The Bertz CT molecular complexity index is 1280. The number of nitrogens with one attached hydrogen (secondary N) is 2. The molecule has 3 aromatic rings. The first-order chi connectivity index (χ1) is 19.8. The van der Waals surface area contributed by atoms with E-state index in [1.54, 1.807) is 6.07 Å². The minimum Gasteiger partial charge on any atom is -0.493 e. The van der Waals surface area contributed by atoms with Gasteiger partial charge < -0.3 is 20.1 Å². The number of carbonyl (C=O) groups excluding carboxylic acids is 2. The molecular weight excluding hydrogens is 524 g/mol. The van der Waals surface area contributed by atoms with E-state index in [2.05, 4.69) is 34.9 Å². The van der Waals surface area contributed by atoms with Gasteiger partial charge in [0.1, 0.15) is 11.5 Å². The monoisotopic (exact) mass is 572 g/mol. The van der Waals surface area contributed by atoms with E-state index in [4.69, 9.17) is 9.47 Å². The van der Waals surface area contributed by atoms with Gasteiger partial charge in [-0.2, -0.15) is 0 Å². The van der Waals surface area contributed by atoms with E-state index < -0.39 is 10.8 Å². The molecule has 0 saturated heterocycles. The van der Waals surface area contributed by atoms with Gasteiger partial charge in [0.25, 0.3) is 0 Å². The largest absolute Gasteiger partial charge is 0.493 e. The molecule has 42 heavy (non-hydrogen) atoms. The molecular formula is C36H48N2O4. The summed E-state index contributed by atoms with van der Waals surface area (Å²) in [5, 5.41) is 6.06. The molecule has 0 fully saturated rings. The average molecular weight is 573 g/mol. The van der Waals surface area contributed by atoms with Crippen molar-refractivity contribution in [2.75, 3.05) is 23.8 Å². The molecule has 0 spiro atoms. The maximum absolute atomic E-state index is 13.1. The van der Waals surface area contributed by atoms with Crippen molar-refractivity contribution in [3.63, 3.8) is 0 Å². The van der Waals surface area contributed by atoms with E-state index in [1.807, 2.05) is 85.7 Å². The van der Waals surface area contributed by atoms with Crippen LogP contribution in [0.15, 0.2) is 60.7 Å². The summed E-state index contributed by atoms with van der Waals surface area (Å²) >= 11 is 0. The zero-order valence-corrected chi connectivity index (χ0v) is 26.6. The van der Waals surface area contributed by atoms with Crippen LogP contribution in [0.4, 0.5) is 11.4 Å². The van der Waals surface area contributed by atoms with E-state index in [-0.39, 0.29) is 11.8 Å². The van der Waals surface area contributed by atoms with Crippen LogP contribution in [-0.2, 0) is 9.59 Å².